The summed E-state index contributed by atoms with van der Waals surface area (Å²) in [5.74, 6) is 0.153. The zero-order valence-corrected chi connectivity index (χ0v) is 10.9. The molecule has 0 fully saturated rings. The molecule has 0 atom stereocenters. The maximum absolute atomic E-state index is 12.0. The lowest BCUT2D eigenvalue weighted by molar-refractivity contribution is -0.274. The highest BCUT2D eigenvalue weighted by Gasteiger charge is 2.30. The summed E-state index contributed by atoms with van der Waals surface area (Å²) in [6.45, 7) is 0.603. The number of alkyl halides is 3. The van der Waals surface area contributed by atoms with Gasteiger partial charge in [0.05, 0.1) is 5.69 Å². The number of halogens is 3. The number of benzene rings is 1. The van der Waals surface area contributed by atoms with Crippen LogP contribution in [-0.2, 0) is 13.2 Å². The Hall–Kier alpha value is -2.28. The second kappa shape index (κ2) is 6.45. The van der Waals surface area contributed by atoms with Gasteiger partial charge in [-0.2, -0.15) is 0 Å². The minimum absolute atomic E-state index is 0.273. The van der Waals surface area contributed by atoms with Crippen LogP contribution in [0.5, 0.6) is 11.5 Å². The van der Waals surface area contributed by atoms with Crippen LogP contribution in [0.3, 0.4) is 0 Å². The SMILES string of the molecule is NCc1cc(COc2ccc(OC(F)(F)F)cc2)ccn1. The van der Waals surface area contributed by atoms with Crippen LogP contribution in [0.25, 0.3) is 0 Å². The smallest absolute Gasteiger partial charge is 0.489 e. The first-order valence-electron chi connectivity index (χ1n) is 6.09. The van der Waals surface area contributed by atoms with Crippen molar-refractivity contribution in [2.45, 2.75) is 19.5 Å². The van der Waals surface area contributed by atoms with Crippen LogP contribution in [-0.4, -0.2) is 11.3 Å². The molecule has 7 heteroatoms. The lowest BCUT2D eigenvalue weighted by Gasteiger charge is -2.10. The quantitative estimate of drug-likeness (QED) is 0.922. The van der Waals surface area contributed by atoms with Gasteiger partial charge in [-0.15, -0.1) is 13.2 Å². The van der Waals surface area contributed by atoms with Gasteiger partial charge in [0.15, 0.2) is 0 Å². The van der Waals surface area contributed by atoms with Crippen LogP contribution in [0, 0.1) is 0 Å². The van der Waals surface area contributed by atoms with Crippen LogP contribution in [0.15, 0.2) is 42.6 Å². The molecule has 2 rings (SSSR count). The molecule has 4 nitrogen and oxygen atoms in total. The molecule has 0 spiro atoms. The highest BCUT2D eigenvalue weighted by molar-refractivity contribution is 5.31. The third-order valence-corrected chi connectivity index (χ3v) is 2.55. The van der Waals surface area contributed by atoms with Crippen LogP contribution in [0.4, 0.5) is 13.2 Å². The fraction of sp³-hybridized carbons (Fsp3) is 0.214. The van der Waals surface area contributed by atoms with Crippen molar-refractivity contribution in [2.24, 2.45) is 5.73 Å². The van der Waals surface area contributed by atoms with E-state index in [0.29, 0.717) is 12.3 Å². The summed E-state index contributed by atoms with van der Waals surface area (Å²) in [6, 6.07) is 8.79. The van der Waals surface area contributed by atoms with Crippen LogP contribution in [0.2, 0.25) is 0 Å². The van der Waals surface area contributed by atoms with Gasteiger partial charge in [0, 0.05) is 12.7 Å². The molecular formula is C14H13F3N2O2. The van der Waals surface area contributed by atoms with E-state index in [1.54, 1.807) is 18.3 Å². The van der Waals surface area contributed by atoms with Gasteiger partial charge in [-0.1, -0.05) is 0 Å². The molecule has 21 heavy (non-hydrogen) atoms. The highest BCUT2D eigenvalue weighted by atomic mass is 19.4. The van der Waals surface area contributed by atoms with Gasteiger partial charge in [0.2, 0.25) is 0 Å². The average Bonchev–Trinajstić information content (AvgIpc) is 2.45. The maximum Gasteiger partial charge on any atom is 0.573 e. The Labute approximate surface area is 119 Å². The summed E-state index contributed by atoms with van der Waals surface area (Å²) >= 11 is 0. The van der Waals surface area contributed by atoms with E-state index in [4.69, 9.17) is 10.5 Å². The number of rotatable bonds is 5. The molecule has 0 radical (unpaired) electrons. The van der Waals surface area contributed by atoms with Crippen molar-refractivity contribution in [3.8, 4) is 11.5 Å². The number of hydrogen-bond acceptors (Lipinski definition) is 4. The van der Waals surface area contributed by atoms with Gasteiger partial charge in [-0.3, -0.25) is 4.98 Å². The molecule has 1 heterocycles. The van der Waals surface area contributed by atoms with Crippen molar-refractivity contribution in [3.63, 3.8) is 0 Å². The molecular weight excluding hydrogens is 285 g/mol. The first-order valence-corrected chi connectivity index (χ1v) is 6.09. The van der Waals surface area contributed by atoms with E-state index in [-0.39, 0.29) is 12.4 Å². The summed E-state index contributed by atoms with van der Waals surface area (Å²) in [7, 11) is 0. The van der Waals surface area contributed by atoms with E-state index in [0.717, 1.165) is 11.3 Å². The van der Waals surface area contributed by atoms with E-state index in [1.165, 1.54) is 24.3 Å². The number of pyridine rings is 1. The Kier molecular flexibility index (Phi) is 4.64. The maximum atomic E-state index is 12.0. The zero-order valence-electron chi connectivity index (χ0n) is 10.9. The summed E-state index contributed by atoms with van der Waals surface area (Å²) in [5.41, 5.74) is 7.10. The highest BCUT2D eigenvalue weighted by Crippen LogP contribution is 2.25. The van der Waals surface area contributed by atoms with Gasteiger partial charge in [-0.25, -0.2) is 0 Å². The van der Waals surface area contributed by atoms with Gasteiger partial charge >= 0.3 is 6.36 Å². The molecule has 0 aliphatic rings. The summed E-state index contributed by atoms with van der Waals surface area (Å²) < 4.78 is 45.3. The Bertz CT molecular complexity index is 586. The van der Waals surface area contributed by atoms with Crippen LogP contribution >= 0.6 is 0 Å². The predicted octanol–water partition coefficient (Wildman–Crippen LogP) is 3.02. The van der Waals surface area contributed by atoms with Crippen molar-refractivity contribution in [3.05, 3.63) is 53.9 Å². The summed E-state index contributed by atoms with van der Waals surface area (Å²) in [4.78, 5) is 4.05. The lowest BCUT2D eigenvalue weighted by atomic mass is 10.2. The number of nitrogens with two attached hydrogens (primary N) is 1. The molecule has 0 saturated heterocycles. The van der Waals surface area contributed by atoms with Crippen molar-refractivity contribution < 1.29 is 22.6 Å². The standard InChI is InChI=1S/C14H13F3N2O2/c15-14(16,17)21-13-3-1-12(2-4-13)20-9-10-5-6-19-11(7-10)8-18/h1-7H,8-9,18H2. The number of aromatic nitrogens is 1. The minimum Gasteiger partial charge on any atom is -0.489 e. The lowest BCUT2D eigenvalue weighted by Crippen LogP contribution is -2.16. The molecule has 0 unspecified atom stereocenters. The Morgan fingerprint density at radius 2 is 1.71 bits per heavy atom. The molecule has 2 aromatic rings. The van der Waals surface area contributed by atoms with E-state index in [2.05, 4.69) is 9.72 Å². The number of ether oxygens (including phenoxy) is 2. The molecule has 0 saturated carbocycles. The Balaban J connectivity index is 1.94. The van der Waals surface area contributed by atoms with Gasteiger partial charge < -0.3 is 15.2 Å². The topological polar surface area (TPSA) is 57.4 Å². The van der Waals surface area contributed by atoms with Gasteiger partial charge in [0.25, 0.3) is 0 Å². The summed E-state index contributed by atoms with van der Waals surface area (Å²) in [5, 5.41) is 0. The van der Waals surface area contributed by atoms with Crippen molar-refractivity contribution in [1.29, 1.82) is 0 Å². The third-order valence-electron chi connectivity index (χ3n) is 2.55. The molecule has 0 aliphatic heterocycles. The average molecular weight is 298 g/mol. The molecule has 1 aromatic carbocycles. The molecule has 1 aromatic heterocycles. The van der Waals surface area contributed by atoms with Gasteiger partial charge in [0.1, 0.15) is 18.1 Å². The molecule has 0 bridgehead atoms. The molecule has 0 aliphatic carbocycles. The van der Waals surface area contributed by atoms with Gasteiger partial charge in [-0.05, 0) is 42.0 Å². The van der Waals surface area contributed by atoms with E-state index in [1.807, 2.05) is 0 Å². The molecule has 112 valence electrons. The fourth-order valence-corrected chi connectivity index (χ4v) is 1.63. The zero-order chi connectivity index (χ0) is 15.3. The second-order valence-corrected chi connectivity index (χ2v) is 4.17. The van der Waals surface area contributed by atoms with Crippen molar-refractivity contribution in [2.75, 3.05) is 0 Å². The summed E-state index contributed by atoms with van der Waals surface area (Å²) in [6.07, 6.45) is -3.07. The van der Waals surface area contributed by atoms with Crippen LogP contribution < -0.4 is 15.2 Å². The fourth-order valence-electron chi connectivity index (χ4n) is 1.63. The van der Waals surface area contributed by atoms with E-state index >= 15 is 0 Å². The van der Waals surface area contributed by atoms with E-state index < -0.39 is 6.36 Å². The van der Waals surface area contributed by atoms with Crippen LogP contribution in [0.1, 0.15) is 11.3 Å². The first kappa shape index (κ1) is 15.1. The number of hydrogen-bond donors (Lipinski definition) is 1. The second-order valence-electron chi connectivity index (χ2n) is 4.17. The normalized spacial score (nSPS) is 11.2. The molecule has 0 amide bonds. The Morgan fingerprint density at radius 1 is 1.05 bits per heavy atom. The van der Waals surface area contributed by atoms with E-state index in [9.17, 15) is 13.2 Å². The minimum atomic E-state index is -4.70. The third kappa shape index (κ3) is 4.96. The van der Waals surface area contributed by atoms with Crippen molar-refractivity contribution in [1.82, 2.24) is 4.98 Å². The largest absolute Gasteiger partial charge is 0.573 e. The number of nitrogens with zero attached hydrogens (tertiary/aromatic N) is 1. The Morgan fingerprint density at radius 3 is 2.33 bits per heavy atom. The predicted molar refractivity (Wildman–Crippen MR) is 69.6 cm³/mol. The first-order chi connectivity index (χ1) is 9.96. The molecule has 2 N–H and O–H groups in total. The monoisotopic (exact) mass is 298 g/mol. The van der Waals surface area contributed by atoms with Crippen molar-refractivity contribution >= 4 is 0 Å².